The highest BCUT2D eigenvalue weighted by atomic mass is 32.2. The summed E-state index contributed by atoms with van der Waals surface area (Å²) in [6.07, 6.45) is 0. The number of nitrogens with one attached hydrogen (secondary N) is 2. The Morgan fingerprint density at radius 1 is 1.56 bits per heavy atom. The average molecular weight is 267 g/mol. The minimum Gasteiger partial charge on any atom is -0.308 e. The molecule has 0 aliphatic carbocycles. The summed E-state index contributed by atoms with van der Waals surface area (Å²) in [5, 5.41) is 7.58. The van der Waals surface area contributed by atoms with Gasteiger partial charge in [-0.25, -0.2) is 25.7 Å². The molecule has 0 radical (unpaired) electrons. The Balaban J connectivity index is 2.33. The molecule has 2 aromatic rings. The zero-order valence-electron chi connectivity index (χ0n) is 9.97. The molecule has 0 amide bonds. The number of rotatable bonds is 4. The Morgan fingerprint density at radius 2 is 2.33 bits per heavy atom. The molecular weight excluding hydrogens is 254 g/mol. The van der Waals surface area contributed by atoms with Crippen LogP contribution in [0.1, 0.15) is 12.7 Å². The molecule has 0 unspecified atom stereocenters. The Bertz CT molecular complexity index is 605. The molecule has 18 heavy (non-hydrogen) atoms. The summed E-state index contributed by atoms with van der Waals surface area (Å²) in [7, 11) is 0. The molecule has 8 nitrogen and oxygen atoms in total. The van der Waals surface area contributed by atoms with Gasteiger partial charge in [0.05, 0.1) is 0 Å². The Hall–Kier alpha value is -1.87. The quantitative estimate of drug-likeness (QED) is 0.409. The summed E-state index contributed by atoms with van der Waals surface area (Å²) in [4.78, 5) is 19.8. The van der Waals surface area contributed by atoms with Crippen LogP contribution >= 0.6 is 11.8 Å². The highest BCUT2D eigenvalue weighted by Crippen LogP contribution is 2.24. The first-order valence-electron chi connectivity index (χ1n) is 5.29. The lowest BCUT2D eigenvalue weighted by Gasteiger charge is -2.05. The Labute approximate surface area is 107 Å². The number of aromatic amines is 1. The molecule has 2 aromatic heterocycles. The van der Waals surface area contributed by atoms with Gasteiger partial charge in [-0.1, -0.05) is 0 Å². The SMILES string of the molecule is CCn1c(Sc2cc(NN)nc(C)n2)n[nH]c1=O. The molecule has 9 heteroatoms. The van der Waals surface area contributed by atoms with E-state index in [4.69, 9.17) is 5.84 Å². The van der Waals surface area contributed by atoms with E-state index in [0.29, 0.717) is 28.4 Å². The Morgan fingerprint density at radius 3 is 3.00 bits per heavy atom. The van der Waals surface area contributed by atoms with Crippen LogP contribution in [-0.4, -0.2) is 24.7 Å². The number of H-pyrrole nitrogens is 1. The number of anilines is 1. The summed E-state index contributed by atoms with van der Waals surface area (Å²) in [5.74, 6) is 6.43. The first-order chi connectivity index (χ1) is 8.63. The van der Waals surface area contributed by atoms with Crippen molar-refractivity contribution < 1.29 is 0 Å². The molecule has 4 N–H and O–H groups in total. The number of nitrogen functional groups attached to an aromatic ring is 1. The van der Waals surface area contributed by atoms with Gasteiger partial charge in [0.2, 0.25) is 0 Å². The summed E-state index contributed by atoms with van der Waals surface area (Å²) in [6, 6.07) is 1.69. The second-order valence-electron chi connectivity index (χ2n) is 3.44. The molecule has 0 bridgehead atoms. The van der Waals surface area contributed by atoms with Crippen molar-refractivity contribution >= 4 is 17.6 Å². The van der Waals surface area contributed by atoms with E-state index < -0.39 is 0 Å². The highest BCUT2D eigenvalue weighted by Gasteiger charge is 2.10. The monoisotopic (exact) mass is 267 g/mol. The van der Waals surface area contributed by atoms with Gasteiger partial charge < -0.3 is 5.43 Å². The number of nitrogens with zero attached hydrogens (tertiary/aromatic N) is 4. The van der Waals surface area contributed by atoms with Gasteiger partial charge in [0.25, 0.3) is 0 Å². The summed E-state index contributed by atoms with van der Waals surface area (Å²) >= 11 is 1.28. The zero-order valence-corrected chi connectivity index (χ0v) is 10.8. The van der Waals surface area contributed by atoms with Gasteiger partial charge in [0.1, 0.15) is 16.7 Å². The number of aryl methyl sites for hydroxylation is 1. The molecule has 0 spiro atoms. The normalized spacial score (nSPS) is 10.6. The van der Waals surface area contributed by atoms with E-state index in [0.717, 1.165) is 0 Å². The van der Waals surface area contributed by atoms with Crippen molar-refractivity contribution in [2.45, 2.75) is 30.6 Å². The topological polar surface area (TPSA) is 115 Å². The van der Waals surface area contributed by atoms with E-state index in [1.54, 1.807) is 13.0 Å². The maximum Gasteiger partial charge on any atom is 0.343 e. The lowest BCUT2D eigenvalue weighted by molar-refractivity contribution is 0.660. The van der Waals surface area contributed by atoms with Crippen LogP contribution < -0.4 is 17.0 Å². The van der Waals surface area contributed by atoms with Crippen LogP contribution in [-0.2, 0) is 6.54 Å². The van der Waals surface area contributed by atoms with Gasteiger partial charge in [-0.3, -0.25) is 4.57 Å². The van der Waals surface area contributed by atoms with Gasteiger partial charge >= 0.3 is 5.69 Å². The minimum absolute atomic E-state index is 0.233. The fourth-order valence-electron chi connectivity index (χ4n) is 1.42. The maximum absolute atomic E-state index is 11.4. The van der Waals surface area contributed by atoms with Crippen LogP contribution in [0.4, 0.5) is 5.82 Å². The minimum atomic E-state index is -0.233. The maximum atomic E-state index is 11.4. The third-order valence-corrected chi connectivity index (χ3v) is 3.11. The molecule has 96 valence electrons. The molecule has 0 aliphatic rings. The van der Waals surface area contributed by atoms with Crippen molar-refractivity contribution in [3.05, 3.63) is 22.4 Å². The zero-order chi connectivity index (χ0) is 13.1. The van der Waals surface area contributed by atoms with E-state index in [1.807, 2.05) is 6.92 Å². The fraction of sp³-hybridized carbons (Fsp3) is 0.333. The third kappa shape index (κ3) is 2.51. The molecule has 0 atom stereocenters. The summed E-state index contributed by atoms with van der Waals surface area (Å²) in [5.41, 5.74) is 2.23. The van der Waals surface area contributed by atoms with Gasteiger partial charge in [0, 0.05) is 12.6 Å². The van der Waals surface area contributed by atoms with Crippen LogP contribution in [0.3, 0.4) is 0 Å². The number of hydrazine groups is 1. The summed E-state index contributed by atoms with van der Waals surface area (Å²) in [6.45, 7) is 4.19. The van der Waals surface area contributed by atoms with Crippen molar-refractivity contribution in [3.8, 4) is 0 Å². The van der Waals surface area contributed by atoms with Crippen molar-refractivity contribution in [3.63, 3.8) is 0 Å². The lowest BCUT2D eigenvalue weighted by atomic mass is 10.5. The van der Waals surface area contributed by atoms with Crippen LogP contribution in [0.25, 0.3) is 0 Å². The molecule has 0 aromatic carbocycles. The predicted octanol–water partition coefficient (Wildman–Crippen LogP) is 0.127. The molecular formula is C9H13N7OS. The van der Waals surface area contributed by atoms with Crippen LogP contribution in [0, 0.1) is 6.92 Å². The van der Waals surface area contributed by atoms with E-state index in [2.05, 4.69) is 25.6 Å². The van der Waals surface area contributed by atoms with E-state index >= 15 is 0 Å². The fourth-order valence-corrected chi connectivity index (χ4v) is 2.37. The molecule has 2 rings (SSSR count). The number of aromatic nitrogens is 5. The Kier molecular flexibility index (Phi) is 3.63. The van der Waals surface area contributed by atoms with Gasteiger partial charge in [-0.15, -0.1) is 5.10 Å². The number of nitrogens with two attached hydrogens (primary N) is 1. The van der Waals surface area contributed by atoms with Gasteiger partial charge in [-0.2, -0.15) is 0 Å². The average Bonchev–Trinajstić information content (AvgIpc) is 2.69. The molecule has 0 aliphatic heterocycles. The third-order valence-electron chi connectivity index (χ3n) is 2.20. The van der Waals surface area contributed by atoms with E-state index in [-0.39, 0.29) is 5.69 Å². The molecule has 0 saturated heterocycles. The first-order valence-corrected chi connectivity index (χ1v) is 6.11. The molecule has 0 saturated carbocycles. The van der Waals surface area contributed by atoms with Crippen LogP contribution in [0.5, 0.6) is 0 Å². The standard InChI is InChI=1S/C9H13N7OS/c1-3-16-8(17)14-15-9(16)18-7-4-6(13-10)11-5(2)12-7/h4H,3,10H2,1-2H3,(H,14,17)(H,11,12,13). The number of hydrogen-bond acceptors (Lipinski definition) is 7. The summed E-state index contributed by atoms with van der Waals surface area (Å²) < 4.78 is 1.53. The van der Waals surface area contributed by atoms with Crippen molar-refractivity contribution in [1.29, 1.82) is 0 Å². The lowest BCUT2D eigenvalue weighted by Crippen LogP contribution is -2.16. The number of hydrogen-bond donors (Lipinski definition) is 3. The van der Waals surface area contributed by atoms with Crippen LogP contribution in [0.15, 0.2) is 21.0 Å². The van der Waals surface area contributed by atoms with E-state index in [1.165, 1.54) is 16.3 Å². The van der Waals surface area contributed by atoms with Gasteiger partial charge in [0.15, 0.2) is 5.16 Å². The van der Waals surface area contributed by atoms with Gasteiger partial charge in [-0.05, 0) is 25.6 Å². The molecule has 2 heterocycles. The largest absolute Gasteiger partial charge is 0.343 e. The van der Waals surface area contributed by atoms with E-state index in [9.17, 15) is 4.79 Å². The predicted molar refractivity (Wildman–Crippen MR) is 67.2 cm³/mol. The molecule has 0 fully saturated rings. The van der Waals surface area contributed by atoms with Crippen molar-refractivity contribution in [2.75, 3.05) is 5.43 Å². The van der Waals surface area contributed by atoms with Crippen LogP contribution in [0.2, 0.25) is 0 Å². The van der Waals surface area contributed by atoms with Crippen molar-refractivity contribution in [2.24, 2.45) is 5.84 Å². The van der Waals surface area contributed by atoms with Crippen molar-refractivity contribution in [1.82, 2.24) is 24.7 Å². The second-order valence-corrected chi connectivity index (χ2v) is 4.43. The first kappa shape index (κ1) is 12.6. The highest BCUT2D eigenvalue weighted by molar-refractivity contribution is 7.99. The smallest absolute Gasteiger partial charge is 0.308 e. The second kappa shape index (κ2) is 5.19.